The highest BCUT2D eigenvalue weighted by Crippen LogP contribution is 2.30. The third-order valence-corrected chi connectivity index (χ3v) is 5.91. The minimum absolute atomic E-state index is 0.225. The number of fused-ring (bicyclic) bond motifs is 1. The Bertz CT molecular complexity index is 1340. The predicted molar refractivity (Wildman–Crippen MR) is 125 cm³/mol. The monoisotopic (exact) mass is 460 g/mol. The van der Waals surface area contributed by atoms with Crippen molar-refractivity contribution in [3.05, 3.63) is 89.8 Å². The van der Waals surface area contributed by atoms with Crippen molar-refractivity contribution in [1.82, 2.24) is 29.3 Å². The van der Waals surface area contributed by atoms with Crippen molar-refractivity contribution >= 4 is 5.78 Å². The number of benzene rings is 2. The first-order valence-corrected chi connectivity index (χ1v) is 10.9. The zero-order valence-electron chi connectivity index (χ0n) is 19.2. The second kappa shape index (κ2) is 8.85. The standard InChI is InChI=1S/C25H25FN6O2/c1-30(2)14-22-27-10-11-31(22)17-6-9-19(20(26)12-17)23-25(33)24-21(13-28-23)29-15-32(24)16-4-7-18(34-3)8-5-16/h4-12,15,23,28H,13-14H2,1-3H3. The summed E-state index contributed by atoms with van der Waals surface area (Å²) < 4.78 is 24.1. The molecular weight excluding hydrogens is 435 g/mol. The van der Waals surface area contributed by atoms with Crippen LogP contribution in [0.3, 0.4) is 0 Å². The third kappa shape index (κ3) is 3.89. The van der Waals surface area contributed by atoms with E-state index < -0.39 is 11.9 Å². The molecule has 0 radical (unpaired) electrons. The molecule has 0 bridgehead atoms. The molecule has 2 aromatic carbocycles. The number of ketones is 1. The molecule has 174 valence electrons. The van der Waals surface area contributed by atoms with Crippen molar-refractivity contribution in [3.8, 4) is 17.1 Å². The van der Waals surface area contributed by atoms with Crippen LogP contribution in [-0.2, 0) is 13.1 Å². The molecule has 2 aromatic heterocycles. The van der Waals surface area contributed by atoms with Gasteiger partial charge in [-0.05, 0) is 50.5 Å². The Morgan fingerprint density at radius 1 is 1.12 bits per heavy atom. The zero-order chi connectivity index (χ0) is 23.8. The summed E-state index contributed by atoms with van der Waals surface area (Å²) in [6.07, 6.45) is 5.12. The number of Topliss-reactive ketones (excluding diaryl/α,β-unsaturated/α-hetero) is 1. The molecule has 1 aliphatic heterocycles. The van der Waals surface area contributed by atoms with Crippen LogP contribution in [0.1, 0.15) is 33.6 Å². The van der Waals surface area contributed by atoms with Crippen molar-refractivity contribution in [3.63, 3.8) is 0 Å². The average molecular weight is 461 g/mol. The van der Waals surface area contributed by atoms with Gasteiger partial charge in [-0.25, -0.2) is 14.4 Å². The summed E-state index contributed by atoms with van der Waals surface area (Å²) in [7, 11) is 5.51. The van der Waals surface area contributed by atoms with Crippen molar-refractivity contribution in [1.29, 1.82) is 0 Å². The first kappa shape index (κ1) is 22.0. The largest absolute Gasteiger partial charge is 0.497 e. The Morgan fingerprint density at radius 3 is 2.59 bits per heavy atom. The van der Waals surface area contributed by atoms with Gasteiger partial charge in [-0.1, -0.05) is 6.07 Å². The second-order valence-electron chi connectivity index (χ2n) is 8.44. The lowest BCUT2D eigenvalue weighted by Crippen LogP contribution is -2.36. The molecule has 4 aromatic rings. The van der Waals surface area contributed by atoms with Gasteiger partial charge in [-0.2, -0.15) is 0 Å². The maximum Gasteiger partial charge on any atom is 0.203 e. The van der Waals surface area contributed by atoms with E-state index in [2.05, 4.69) is 15.3 Å². The van der Waals surface area contributed by atoms with Crippen molar-refractivity contribution in [2.24, 2.45) is 0 Å². The molecule has 34 heavy (non-hydrogen) atoms. The number of methoxy groups -OCH3 is 1. The van der Waals surface area contributed by atoms with Gasteiger partial charge in [0.05, 0.1) is 19.3 Å². The van der Waals surface area contributed by atoms with Crippen LogP contribution >= 0.6 is 0 Å². The van der Waals surface area contributed by atoms with Crippen molar-refractivity contribution in [2.45, 2.75) is 19.1 Å². The number of aromatic nitrogens is 4. The smallest absolute Gasteiger partial charge is 0.203 e. The topological polar surface area (TPSA) is 77.2 Å². The first-order chi connectivity index (χ1) is 16.5. The third-order valence-electron chi connectivity index (χ3n) is 5.91. The number of imidazole rings is 2. The number of nitrogens with zero attached hydrogens (tertiary/aromatic N) is 5. The van der Waals surface area contributed by atoms with E-state index in [1.165, 1.54) is 6.07 Å². The fraction of sp³-hybridized carbons (Fsp3) is 0.240. The normalized spacial score (nSPS) is 15.6. The van der Waals surface area contributed by atoms with E-state index in [-0.39, 0.29) is 5.78 Å². The van der Waals surface area contributed by atoms with E-state index in [4.69, 9.17) is 4.74 Å². The zero-order valence-corrected chi connectivity index (χ0v) is 19.2. The van der Waals surface area contributed by atoms with Gasteiger partial charge in [-0.3, -0.25) is 14.7 Å². The van der Waals surface area contributed by atoms with Gasteiger partial charge in [0, 0.05) is 35.9 Å². The number of carbonyl (C=O) groups excluding carboxylic acids is 1. The van der Waals surface area contributed by atoms with Gasteiger partial charge in [0.1, 0.15) is 35.5 Å². The molecule has 0 saturated carbocycles. The van der Waals surface area contributed by atoms with E-state index in [9.17, 15) is 4.79 Å². The number of ether oxygens (including phenoxy) is 1. The van der Waals surface area contributed by atoms with Crippen LogP contribution in [0.25, 0.3) is 11.4 Å². The Kier molecular flexibility index (Phi) is 5.72. The van der Waals surface area contributed by atoms with Gasteiger partial charge in [0.25, 0.3) is 0 Å². The van der Waals surface area contributed by atoms with Gasteiger partial charge in [-0.15, -0.1) is 0 Å². The van der Waals surface area contributed by atoms with Crippen LogP contribution in [0.4, 0.5) is 4.39 Å². The van der Waals surface area contributed by atoms with Crippen molar-refractivity contribution < 1.29 is 13.9 Å². The van der Waals surface area contributed by atoms with E-state index in [1.54, 1.807) is 36.5 Å². The average Bonchev–Trinajstić information content (AvgIpc) is 3.47. The summed E-state index contributed by atoms with van der Waals surface area (Å²) in [6, 6.07) is 11.5. The quantitative estimate of drug-likeness (QED) is 0.476. The number of hydrogen-bond acceptors (Lipinski definition) is 6. The molecule has 0 aliphatic carbocycles. The van der Waals surface area contributed by atoms with Crippen LogP contribution < -0.4 is 10.1 Å². The molecule has 0 spiro atoms. The Hall–Kier alpha value is -3.82. The summed E-state index contributed by atoms with van der Waals surface area (Å²) in [5, 5.41) is 3.15. The van der Waals surface area contributed by atoms with Crippen LogP contribution in [0, 0.1) is 5.82 Å². The number of rotatable bonds is 6. The molecule has 0 fully saturated rings. The molecule has 3 heterocycles. The molecule has 9 heteroatoms. The summed E-state index contributed by atoms with van der Waals surface area (Å²) in [5.41, 5.74) is 2.84. The van der Waals surface area contributed by atoms with Gasteiger partial charge < -0.3 is 14.2 Å². The van der Waals surface area contributed by atoms with Crippen LogP contribution in [-0.4, -0.2) is 51.0 Å². The highest BCUT2D eigenvalue weighted by Gasteiger charge is 2.34. The van der Waals surface area contributed by atoms with Crippen LogP contribution in [0.15, 0.2) is 61.2 Å². The Morgan fingerprint density at radius 2 is 1.88 bits per heavy atom. The second-order valence-corrected chi connectivity index (χ2v) is 8.44. The number of hydrogen-bond donors (Lipinski definition) is 1. The maximum atomic E-state index is 15.3. The molecule has 1 aliphatic rings. The van der Waals surface area contributed by atoms with Gasteiger partial charge >= 0.3 is 0 Å². The lowest BCUT2D eigenvalue weighted by atomic mass is 9.95. The summed E-state index contributed by atoms with van der Waals surface area (Å²) in [5.74, 6) is 0.846. The molecule has 0 saturated heterocycles. The number of halogens is 1. The molecular formula is C25H25FN6O2. The fourth-order valence-electron chi connectivity index (χ4n) is 4.26. The molecule has 1 N–H and O–H groups in total. The van der Waals surface area contributed by atoms with Crippen molar-refractivity contribution in [2.75, 3.05) is 21.2 Å². The minimum atomic E-state index is -0.806. The SMILES string of the molecule is COc1ccc(-n2cnc3c2C(=O)C(c2ccc(-n4ccnc4CN(C)C)cc2F)NC3)cc1. The van der Waals surface area contributed by atoms with E-state index in [1.807, 2.05) is 53.9 Å². The molecule has 1 atom stereocenters. The molecule has 8 nitrogen and oxygen atoms in total. The van der Waals surface area contributed by atoms with E-state index in [0.717, 1.165) is 17.3 Å². The summed E-state index contributed by atoms with van der Waals surface area (Å²) in [4.78, 5) is 24.3. The Balaban J connectivity index is 1.46. The van der Waals surface area contributed by atoms with E-state index >= 15 is 4.39 Å². The molecule has 0 amide bonds. The molecule has 5 rings (SSSR count). The fourth-order valence-corrected chi connectivity index (χ4v) is 4.26. The van der Waals surface area contributed by atoms with Crippen LogP contribution in [0.5, 0.6) is 5.75 Å². The van der Waals surface area contributed by atoms with E-state index in [0.29, 0.717) is 35.7 Å². The first-order valence-electron chi connectivity index (χ1n) is 10.9. The minimum Gasteiger partial charge on any atom is -0.497 e. The molecule has 1 unspecified atom stereocenters. The van der Waals surface area contributed by atoms with Gasteiger partial charge in [0.15, 0.2) is 0 Å². The highest BCUT2D eigenvalue weighted by molar-refractivity contribution is 6.01. The maximum absolute atomic E-state index is 15.3. The Labute approximate surface area is 196 Å². The number of nitrogens with one attached hydrogen (secondary N) is 1. The van der Waals surface area contributed by atoms with Crippen LogP contribution in [0.2, 0.25) is 0 Å². The lowest BCUT2D eigenvalue weighted by molar-refractivity contribution is 0.0920. The predicted octanol–water partition coefficient (Wildman–Crippen LogP) is 3.29. The lowest BCUT2D eigenvalue weighted by Gasteiger charge is -2.24. The summed E-state index contributed by atoms with van der Waals surface area (Å²) >= 11 is 0. The highest BCUT2D eigenvalue weighted by atomic mass is 19.1. The number of carbonyl (C=O) groups is 1. The summed E-state index contributed by atoms with van der Waals surface area (Å²) in [6.45, 7) is 0.988. The van der Waals surface area contributed by atoms with Gasteiger partial charge in [0.2, 0.25) is 5.78 Å².